The first kappa shape index (κ1) is 27.5. The summed E-state index contributed by atoms with van der Waals surface area (Å²) in [4.78, 5) is 26.3. The number of hydrogen-bond donors (Lipinski definition) is 2. The van der Waals surface area contributed by atoms with Crippen LogP contribution in [0, 0.1) is 11.8 Å². The second-order valence-corrected chi connectivity index (χ2v) is 11.2. The number of hydrogen-bond acceptors (Lipinski definition) is 6. The van der Waals surface area contributed by atoms with Crippen molar-refractivity contribution in [3.63, 3.8) is 0 Å². The molecule has 1 atom stereocenters. The molecule has 0 spiro atoms. The van der Waals surface area contributed by atoms with Crippen LogP contribution in [0.15, 0.2) is 53.4 Å². The number of methoxy groups -OCH3 is 2. The SMILES string of the molecule is COc1ccc(S(=O)(=O)N2CCC([C@H](NC(=O)c3cccc(OC)c3)C(=O)NCC(C)C)CC2)cc1. The van der Waals surface area contributed by atoms with Crippen molar-refractivity contribution in [2.24, 2.45) is 11.8 Å². The molecule has 1 heterocycles. The Balaban J connectivity index is 1.73. The normalized spacial score (nSPS) is 15.8. The summed E-state index contributed by atoms with van der Waals surface area (Å²) < 4.78 is 38.0. The lowest BCUT2D eigenvalue weighted by Gasteiger charge is -2.35. The maximum absolute atomic E-state index is 13.1. The first-order chi connectivity index (χ1) is 17.1. The van der Waals surface area contributed by atoms with Crippen LogP contribution in [0.2, 0.25) is 0 Å². The molecule has 1 aliphatic rings. The molecule has 2 amide bonds. The number of rotatable bonds is 10. The Morgan fingerprint density at radius 3 is 2.22 bits per heavy atom. The highest BCUT2D eigenvalue weighted by Crippen LogP contribution is 2.27. The van der Waals surface area contributed by atoms with Gasteiger partial charge in [0, 0.05) is 25.2 Å². The van der Waals surface area contributed by atoms with Crippen LogP contribution in [-0.4, -0.2) is 64.4 Å². The van der Waals surface area contributed by atoms with Gasteiger partial charge in [-0.1, -0.05) is 19.9 Å². The van der Waals surface area contributed by atoms with Gasteiger partial charge in [0.2, 0.25) is 15.9 Å². The Labute approximate surface area is 213 Å². The van der Waals surface area contributed by atoms with Gasteiger partial charge in [0.25, 0.3) is 5.91 Å². The highest BCUT2D eigenvalue weighted by molar-refractivity contribution is 7.89. The molecule has 0 bridgehead atoms. The largest absolute Gasteiger partial charge is 0.497 e. The van der Waals surface area contributed by atoms with Crippen molar-refractivity contribution in [1.82, 2.24) is 14.9 Å². The first-order valence-corrected chi connectivity index (χ1v) is 13.5. The molecule has 196 valence electrons. The van der Waals surface area contributed by atoms with Crippen molar-refractivity contribution in [3.8, 4) is 11.5 Å². The van der Waals surface area contributed by atoms with Gasteiger partial charge in [0.05, 0.1) is 19.1 Å². The minimum Gasteiger partial charge on any atom is -0.497 e. The number of piperidine rings is 1. The van der Waals surface area contributed by atoms with Gasteiger partial charge in [0.1, 0.15) is 17.5 Å². The smallest absolute Gasteiger partial charge is 0.252 e. The van der Waals surface area contributed by atoms with Gasteiger partial charge in [-0.25, -0.2) is 8.42 Å². The molecule has 0 radical (unpaired) electrons. The fraction of sp³-hybridized carbons (Fsp3) is 0.462. The average Bonchev–Trinajstić information content (AvgIpc) is 2.90. The predicted molar refractivity (Wildman–Crippen MR) is 137 cm³/mol. The Morgan fingerprint density at radius 2 is 1.64 bits per heavy atom. The number of amides is 2. The lowest BCUT2D eigenvalue weighted by Crippen LogP contribution is -2.54. The van der Waals surface area contributed by atoms with Crippen LogP contribution in [0.1, 0.15) is 37.0 Å². The van der Waals surface area contributed by atoms with Crippen LogP contribution < -0.4 is 20.1 Å². The van der Waals surface area contributed by atoms with Crippen molar-refractivity contribution in [1.29, 1.82) is 0 Å². The number of nitrogens with one attached hydrogen (secondary N) is 2. The molecule has 1 saturated heterocycles. The molecule has 2 aromatic carbocycles. The zero-order valence-corrected chi connectivity index (χ0v) is 22.0. The number of benzene rings is 2. The first-order valence-electron chi connectivity index (χ1n) is 12.0. The van der Waals surface area contributed by atoms with Crippen LogP contribution in [0.5, 0.6) is 11.5 Å². The number of carbonyl (C=O) groups is 2. The van der Waals surface area contributed by atoms with Crippen LogP contribution in [-0.2, 0) is 14.8 Å². The van der Waals surface area contributed by atoms with E-state index in [9.17, 15) is 18.0 Å². The quantitative estimate of drug-likeness (QED) is 0.501. The van der Waals surface area contributed by atoms with Gasteiger partial charge >= 0.3 is 0 Å². The van der Waals surface area contributed by atoms with Crippen LogP contribution in [0.4, 0.5) is 0 Å². The van der Waals surface area contributed by atoms with E-state index in [-0.39, 0.29) is 41.6 Å². The van der Waals surface area contributed by atoms with Gasteiger partial charge in [-0.3, -0.25) is 9.59 Å². The van der Waals surface area contributed by atoms with E-state index < -0.39 is 16.1 Å². The highest BCUT2D eigenvalue weighted by Gasteiger charge is 2.36. The fourth-order valence-corrected chi connectivity index (χ4v) is 5.62. The Kier molecular flexibility index (Phi) is 9.33. The maximum Gasteiger partial charge on any atom is 0.252 e. The van der Waals surface area contributed by atoms with Gasteiger partial charge in [-0.2, -0.15) is 4.31 Å². The van der Waals surface area contributed by atoms with Gasteiger partial charge in [-0.15, -0.1) is 0 Å². The van der Waals surface area contributed by atoms with Crippen LogP contribution >= 0.6 is 0 Å². The zero-order chi connectivity index (χ0) is 26.3. The molecular formula is C26H35N3O6S. The number of sulfonamides is 1. The number of carbonyl (C=O) groups excluding carboxylic acids is 2. The zero-order valence-electron chi connectivity index (χ0n) is 21.2. The summed E-state index contributed by atoms with van der Waals surface area (Å²) in [7, 11) is -0.632. The lowest BCUT2D eigenvalue weighted by molar-refractivity contribution is -0.124. The van der Waals surface area contributed by atoms with E-state index >= 15 is 0 Å². The summed E-state index contributed by atoms with van der Waals surface area (Å²) >= 11 is 0. The fourth-order valence-electron chi connectivity index (χ4n) is 4.15. The topological polar surface area (TPSA) is 114 Å². The molecule has 10 heteroatoms. The van der Waals surface area contributed by atoms with Gasteiger partial charge in [0.15, 0.2) is 0 Å². The van der Waals surface area contributed by atoms with Crippen LogP contribution in [0.3, 0.4) is 0 Å². The van der Waals surface area contributed by atoms with E-state index in [0.717, 1.165) is 0 Å². The summed E-state index contributed by atoms with van der Waals surface area (Å²) in [5.41, 5.74) is 0.385. The van der Waals surface area contributed by atoms with Crippen molar-refractivity contribution < 1.29 is 27.5 Å². The molecule has 0 aromatic heterocycles. The average molecular weight is 518 g/mol. The van der Waals surface area contributed by atoms with Crippen molar-refractivity contribution in [2.45, 2.75) is 37.6 Å². The minimum atomic E-state index is -3.68. The standard InChI is InChI=1S/C26H35N3O6S/c1-18(2)17-27-26(31)24(28-25(30)20-6-5-7-22(16-20)35-4)19-12-14-29(15-13-19)36(32,33)23-10-8-21(34-3)9-11-23/h5-11,16,18-19,24H,12-15,17H2,1-4H3,(H,27,31)(H,28,30)/t24-/m0/s1. The summed E-state index contributed by atoms with van der Waals surface area (Å²) in [6.07, 6.45) is 0.876. The summed E-state index contributed by atoms with van der Waals surface area (Å²) in [5, 5.41) is 5.80. The van der Waals surface area contributed by atoms with Crippen molar-refractivity contribution in [3.05, 3.63) is 54.1 Å². The van der Waals surface area contributed by atoms with Crippen molar-refractivity contribution in [2.75, 3.05) is 33.9 Å². The highest BCUT2D eigenvalue weighted by atomic mass is 32.2. The molecule has 2 aromatic rings. The van der Waals surface area contributed by atoms with E-state index in [0.29, 0.717) is 36.4 Å². The number of nitrogens with zero attached hydrogens (tertiary/aromatic N) is 1. The summed E-state index contributed by atoms with van der Waals surface area (Å²) in [6, 6.07) is 12.2. The molecule has 0 saturated carbocycles. The second kappa shape index (κ2) is 12.2. The molecule has 36 heavy (non-hydrogen) atoms. The molecule has 3 rings (SSSR count). The van der Waals surface area contributed by atoms with E-state index in [2.05, 4.69) is 10.6 Å². The molecule has 1 aliphatic heterocycles. The Bertz CT molecular complexity index is 1140. The Morgan fingerprint density at radius 1 is 1.00 bits per heavy atom. The molecule has 0 aliphatic carbocycles. The molecule has 0 unspecified atom stereocenters. The maximum atomic E-state index is 13.1. The predicted octanol–water partition coefficient (Wildman–Crippen LogP) is 2.68. The number of ether oxygens (including phenoxy) is 2. The lowest BCUT2D eigenvalue weighted by atomic mass is 9.89. The van der Waals surface area contributed by atoms with Gasteiger partial charge < -0.3 is 20.1 Å². The van der Waals surface area contributed by atoms with Gasteiger partial charge in [-0.05, 0) is 67.1 Å². The minimum absolute atomic E-state index is 0.194. The Hall–Kier alpha value is -3.11. The molecular weight excluding hydrogens is 482 g/mol. The third-order valence-corrected chi connectivity index (χ3v) is 8.17. The van der Waals surface area contributed by atoms with E-state index in [4.69, 9.17) is 9.47 Å². The third kappa shape index (κ3) is 6.76. The summed E-state index contributed by atoms with van der Waals surface area (Å²) in [5.74, 6) is 0.507. The monoisotopic (exact) mass is 517 g/mol. The van der Waals surface area contributed by atoms with Crippen molar-refractivity contribution >= 4 is 21.8 Å². The molecule has 9 nitrogen and oxygen atoms in total. The van der Waals surface area contributed by atoms with E-state index in [1.165, 1.54) is 30.7 Å². The molecule has 1 fully saturated rings. The van der Waals surface area contributed by atoms with E-state index in [1.54, 1.807) is 36.4 Å². The summed E-state index contributed by atoms with van der Waals surface area (Å²) in [6.45, 7) is 4.97. The molecule has 2 N–H and O–H groups in total. The van der Waals surface area contributed by atoms with Crippen LogP contribution in [0.25, 0.3) is 0 Å². The second-order valence-electron chi connectivity index (χ2n) is 9.24. The van der Waals surface area contributed by atoms with E-state index in [1.807, 2.05) is 13.8 Å². The third-order valence-electron chi connectivity index (χ3n) is 6.25.